The minimum Gasteiger partial charge on any atom is -0.478 e. The standard InChI is InChI=1S/C8H6N2O3/c11-8(12)5-1-2-7-6(3-5)4-9-10-13-7/h1-4,10H,(H,11,12). The fraction of sp³-hybridized carbons (Fsp3) is 0. The van der Waals surface area contributed by atoms with Crippen molar-refractivity contribution >= 4 is 12.2 Å². The first kappa shape index (κ1) is 7.60. The summed E-state index contributed by atoms with van der Waals surface area (Å²) < 4.78 is 0. The minimum atomic E-state index is -0.963. The van der Waals surface area contributed by atoms with Crippen LogP contribution in [-0.4, -0.2) is 17.3 Å². The number of benzene rings is 1. The highest BCUT2D eigenvalue weighted by molar-refractivity contribution is 5.92. The number of nitrogens with zero attached hydrogens (tertiary/aromatic N) is 1. The molecule has 5 nitrogen and oxygen atoms in total. The summed E-state index contributed by atoms with van der Waals surface area (Å²) in [5, 5.41) is 12.3. The first-order valence-corrected chi connectivity index (χ1v) is 3.59. The molecular formula is C8H6N2O3. The zero-order valence-corrected chi connectivity index (χ0v) is 6.52. The smallest absolute Gasteiger partial charge is 0.335 e. The van der Waals surface area contributed by atoms with E-state index in [0.717, 1.165) is 0 Å². The maximum absolute atomic E-state index is 10.6. The summed E-state index contributed by atoms with van der Waals surface area (Å²) in [5.41, 5.74) is 3.18. The Hall–Kier alpha value is -2.04. The summed E-state index contributed by atoms with van der Waals surface area (Å²) in [7, 11) is 0. The Morgan fingerprint density at radius 3 is 3.15 bits per heavy atom. The van der Waals surface area contributed by atoms with Crippen LogP contribution in [0.4, 0.5) is 0 Å². The molecule has 66 valence electrons. The molecule has 0 saturated carbocycles. The fourth-order valence-corrected chi connectivity index (χ4v) is 1.05. The summed E-state index contributed by atoms with van der Waals surface area (Å²) in [5.74, 6) is -0.394. The Kier molecular flexibility index (Phi) is 1.63. The molecule has 0 radical (unpaired) electrons. The topological polar surface area (TPSA) is 70.9 Å². The third-order valence-electron chi connectivity index (χ3n) is 1.67. The van der Waals surface area contributed by atoms with E-state index in [4.69, 9.17) is 9.94 Å². The van der Waals surface area contributed by atoms with Crippen LogP contribution in [0.25, 0.3) is 0 Å². The van der Waals surface area contributed by atoms with Crippen LogP contribution in [0.3, 0.4) is 0 Å². The van der Waals surface area contributed by atoms with Gasteiger partial charge in [-0.2, -0.15) is 5.10 Å². The predicted octanol–water partition coefficient (Wildman–Crippen LogP) is 0.616. The first-order valence-electron chi connectivity index (χ1n) is 3.59. The van der Waals surface area contributed by atoms with Gasteiger partial charge in [0.15, 0.2) is 5.75 Å². The number of hydrazone groups is 1. The number of nitrogens with one attached hydrogen (secondary N) is 1. The van der Waals surface area contributed by atoms with Gasteiger partial charge in [0.1, 0.15) is 0 Å². The molecule has 0 aromatic heterocycles. The van der Waals surface area contributed by atoms with Gasteiger partial charge in [-0.05, 0) is 18.2 Å². The molecule has 1 aromatic rings. The highest BCUT2D eigenvalue weighted by Crippen LogP contribution is 2.19. The quantitative estimate of drug-likeness (QED) is 0.661. The Balaban J connectivity index is 2.48. The lowest BCUT2D eigenvalue weighted by Crippen LogP contribution is -2.17. The molecule has 13 heavy (non-hydrogen) atoms. The minimum absolute atomic E-state index is 0.218. The molecule has 1 aliphatic heterocycles. The Morgan fingerprint density at radius 2 is 2.38 bits per heavy atom. The molecule has 0 bridgehead atoms. The Morgan fingerprint density at radius 1 is 1.54 bits per heavy atom. The lowest BCUT2D eigenvalue weighted by atomic mass is 10.1. The zero-order valence-electron chi connectivity index (χ0n) is 6.52. The van der Waals surface area contributed by atoms with Gasteiger partial charge in [-0.25, -0.2) is 4.79 Å². The molecule has 2 N–H and O–H groups in total. The van der Waals surface area contributed by atoms with Crippen LogP contribution >= 0.6 is 0 Å². The van der Waals surface area contributed by atoms with E-state index in [1.54, 1.807) is 6.07 Å². The molecule has 1 heterocycles. The maximum Gasteiger partial charge on any atom is 0.335 e. The second-order valence-electron chi connectivity index (χ2n) is 2.51. The molecule has 0 saturated heterocycles. The van der Waals surface area contributed by atoms with E-state index in [0.29, 0.717) is 11.3 Å². The Labute approximate surface area is 73.6 Å². The lowest BCUT2D eigenvalue weighted by Gasteiger charge is -2.11. The van der Waals surface area contributed by atoms with E-state index >= 15 is 0 Å². The number of hydrogen-bond acceptors (Lipinski definition) is 4. The van der Waals surface area contributed by atoms with Gasteiger partial charge in [0.2, 0.25) is 0 Å². The Bertz CT molecular complexity index is 387. The van der Waals surface area contributed by atoms with Crippen molar-refractivity contribution in [1.82, 2.24) is 5.59 Å². The number of carboxylic acids is 1. The van der Waals surface area contributed by atoms with Gasteiger partial charge in [0.25, 0.3) is 0 Å². The molecule has 0 aliphatic carbocycles. The van der Waals surface area contributed by atoms with Gasteiger partial charge >= 0.3 is 5.97 Å². The molecular weight excluding hydrogens is 172 g/mol. The number of carbonyl (C=O) groups is 1. The van der Waals surface area contributed by atoms with Crippen molar-refractivity contribution in [1.29, 1.82) is 0 Å². The van der Waals surface area contributed by atoms with Crippen LogP contribution in [0.1, 0.15) is 15.9 Å². The van der Waals surface area contributed by atoms with Crippen LogP contribution in [0, 0.1) is 0 Å². The van der Waals surface area contributed by atoms with E-state index in [1.807, 2.05) is 0 Å². The maximum atomic E-state index is 10.6. The van der Waals surface area contributed by atoms with Gasteiger partial charge in [0, 0.05) is 5.56 Å². The number of fused-ring (bicyclic) bond motifs is 1. The normalized spacial score (nSPS) is 12.6. The second-order valence-corrected chi connectivity index (χ2v) is 2.51. The number of hydrogen-bond donors (Lipinski definition) is 2. The van der Waals surface area contributed by atoms with Gasteiger partial charge in [-0.3, -0.25) is 0 Å². The van der Waals surface area contributed by atoms with E-state index in [2.05, 4.69) is 10.7 Å². The van der Waals surface area contributed by atoms with Crippen molar-refractivity contribution in [2.45, 2.75) is 0 Å². The lowest BCUT2D eigenvalue weighted by molar-refractivity contribution is 0.0696. The molecule has 5 heteroatoms. The summed E-state index contributed by atoms with van der Waals surface area (Å²) in [6, 6.07) is 4.56. The summed E-state index contributed by atoms with van der Waals surface area (Å²) >= 11 is 0. The van der Waals surface area contributed by atoms with E-state index in [9.17, 15) is 4.79 Å². The van der Waals surface area contributed by atoms with E-state index < -0.39 is 5.97 Å². The van der Waals surface area contributed by atoms with Crippen molar-refractivity contribution in [3.8, 4) is 5.75 Å². The van der Waals surface area contributed by atoms with Crippen LogP contribution < -0.4 is 10.4 Å². The number of aromatic carboxylic acids is 1. The van der Waals surface area contributed by atoms with E-state index in [1.165, 1.54) is 18.3 Å². The van der Waals surface area contributed by atoms with Crippen molar-refractivity contribution < 1.29 is 14.7 Å². The molecule has 1 aliphatic rings. The third kappa shape index (κ3) is 1.31. The third-order valence-corrected chi connectivity index (χ3v) is 1.67. The molecule has 2 rings (SSSR count). The van der Waals surface area contributed by atoms with Crippen LogP contribution in [-0.2, 0) is 0 Å². The van der Waals surface area contributed by atoms with Crippen LogP contribution in [0.5, 0.6) is 5.75 Å². The van der Waals surface area contributed by atoms with Crippen molar-refractivity contribution in [3.63, 3.8) is 0 Å². The molecule has 0 unspecified atom stereocenters. The monoisotopic (exact) mass is 178 g/mol. The first-order chi connectivity index (χ1) is 6.27. The average Bonchev–Trinajstić information content (AvgIpc) is 2.17. The largest absolute Gasteiger partial charge is 0.478 e. The fourth-order valence-electron chi connectivity index (χ4n) is 1.05. The highest BCUT2D eigenvalue weighted by atomic mass is 16.7. The van der Waals surface area contributed by atoms with Crippen molar-refractivity contribution in [3.05, 3.63) is 29.3 Å². The van der Waals surface area contributed by atoms with Gasteiger partial charge in [0.05, 0.1) is 11.8 Å². The van der Waals surface area contributed by atoms with Gasteiger partial charge < -0.3 is 9.94 Å². The second kappa shape index (κ2) is 2.78. The number of carboxylic acid groups (broad SMARTS) is 1. The average molecular weight is 178 g/mol. The summed E-state index contributed by atoms with van der Waals surface area (Å²) in [6.07, 6.45) is 1.51. The van der Waals surface area contributed by atoms with Crippen LogP contribution in [0.15, 0.2) is 23.3 Å². The number of rotatable bonds is 1. The van der Waals surface area contributed by atoms with Crippen molar-refractivity contribution in [2.75, 3.05) is 0 Å². The molecule has 1 aromatic carbocycles. The highest BCUT2D eigenvalue weighted by Gasteiger charge is 2.10. The predicted molar refractivity (Wildman–Crippen MR) is 44.8 cm³/mol. The summed E-state index contributed by atoms with van der Waals surface area (Å²) in [6.45, 7) is 0. The molecule has 0 atom stereocenters. The SMILES string of the molecule is O=C(O)c1ccc2c(c1)C=NNO2. The van der Waals surface area contributed by atoms with E-state index in [-0.39, 0.29) is 5.56 Å². The molecule has 0 spiro atoms. The van der Waals surface area contributed by atoms with Gasteiger partial charge in [-0.15, -0.1) is 5.59 Å². The molecule has 0 amide bonds. The van der Waals surface area contributed by atoms with Crippen LogP contribution in [0.2, 0.25) is 0 Å². The van der Waals surface area contributed by atoms with Crippen molar-refractivity contribution in [2.24, 2.45) is 5.10 Å². The zero-order chi connectivity index (χ0) is 9.26. The van der Waals surface area contributed by atoms with Gasteiger partial charge in [-0.1, -0.05) is 0 Å². The summed E-state index contributed by atoms with van der Waals surface area (Å²) in [4.78, 5) is 15.5. The molecule has 0 fully saturated rings.